The van der Waals surface area contributed by atoms with Crippen LogP contribution in [-0.2, 0) is 4.79 Å². The van der Waals surface area contributed by atoms with Crippen LogP contribution in [0.5, 0.6) is 17.2 Å². The summed E-state index contributed by atoms with van der Waals surface area (Å²) in [6, 6.07) is 20.3. The molecule has 1 heterocycles. The van der Waals surface area contributed by atoms with Crippen LogP contribution in [0.15, 0.2) is 88.0 Å². The number of aliphatic hydroxyl groups excluding tert-OH is 1. The highest BCUT2D eigenvalue weighted by molar-refractivity contribution is 9.10. The molecule has 0 saturated carbocycles. The van der Waals surface area contributed by atoms with Gasteiger partial charge in [0.2, 0.25) is 5.75 Å². The zero-order valence-electron chi connectivity index (χ0n) is 23.7. The van der Waals surface area contributed by atoms with E-state index in [1.54, 1.807) is 24.3 Å². The van der Waals surface area contributed by atoms with Crippen molar-refractivity contribution < 1.29 is 24.1 Å². The maximum Gasteiger partial charge on any atom is 0.203 e. The van der Waals surface area contributed by atoms with E-state index < -0.39 is 5.92 Å². The standard InChI is InChI=1S/C33H33BrN2O5/c1-33(2)17-23-28(24(37)18-33)27(20-14-25(39-3)31(41-5)26(15-20)40-4)29(30(38)19-10-7-6-8-11-19)32(35)36(23)22-13-9-12-21(34)16-22/h6-16,27,35,38H,17-18H2,1-5H3/b30-29+,35-32?. The van der Waals surface area contributed by atoms with Crippen LogP contribution in [0.1, 0.15) is 43.7 Å². The van der Waals surface area contributed by atoms with Crippen LogP contribution in [0.4, 0.5) is 5.69 Å². The van der Waals surface area contributed by atoms with Crippen molar-refractivity contribution in [3.63, 3.8) is 0 Å². The molecule has 3 aromatic carbocycles. The van der Waals surface area contributed by atoms with Gasteiger partial charge < -0.3 is 19.3 Å². The molecule has 0 saturated heterocycles. The molecule has 2 aliphatic rings. The van der Waals surface area contributed by atoms with Gasteiger partial charge in [0, 0.05) is 44.9 Å². The van der Waals surface area contributed by atoms with Crippen LogP contribution in [0.2, 0.25) is 0 Å². The maximum absolute atomic E-state index is 14.2. The van der Waals surface area contributed by atoms with E-state index in [4.69, 9.17) is 14.2 Å². The van der Waals surface area contributed by atoms with Crippen molar-refractivity contribution in [2.45, 2.75) is 32.6 Å². The number of nitrogens with zero attached hydrogens (tertiary/aromatic N) is 1. The first-order valence-electron chi connectivity index (χ1n) is 13.3. The van der Waals surface area contributed by atoms with E-state index in [0.29, 0.717) is 52.4 Å². The molecule has 1 aliphatic carbocycles. The van der Waals surface area contributed by atoms with Gasteiger partial charge in [0.1, 0.15) is 11.6 Å². The third-order valence-electron chi connectivity index (χ3n) is 7.61. The average molecular weight is 618 g/mol. The molecule has 7 nitrogen and oxygen atoms in total. The normalized spacial score (nSPS) is 19.6. The van der Waals surface area contributed by atoms with Gasteiger partial charge in [0.15, 0.2) is 17.3 Å². The highest BCUT2D eigenvalue weighted by Gasteiger charge is 2.47. The van der Waals surface area contributed by atoms with Crippen LogP contribution >= 0.6 is 15.9 Å². The summed E-state index contributed by atoms with van der Waals surface area (Å²) in [4.78, 5) is 16.0. The summed E-state index contributed by atoms with van der Waals surface area (Å²) >= 11 is 3.56. The SMILES string of the molecule is COc1cc(C2C3=C(CC(C)(C)CC3=O)N(c3cccc(Br)c3)C(=N)/C2=C(/O)c2ccccc2)cc(OC)c1OC. The lowest BCUT2D eigenvalue weighted by Gasteiger charge is -2.45. The zero-order chi connectivity index (χ0) is 29.5. The first kappa shape index (κ1) is 28.5. The van der Waals surface area contributed by atoms with Gasteiger partial charge in [-0.3, -0.25) is 15.1 Å². The number of benzene rings is 3. The summed E-state index contributed by atoms with van der Waals surface area (Å²) in [5.74, 6) is 0.507. The van der Waals surface area contributed by atoms with E-state index in [1.807, 2.05) is 47.4 Å². The summed E-state index contributed by atoms with van der Waals surface area (Å²) in [6.45, 7) is 4.14. The summed E-state index contributed by atoms with van der Waals surface area (Å²) in [5.41, 5.74) is 3.22. The number of rotatable bonds is 6. The molecule has 1 aliphatic heterocycles. The average Bonchev–Trinajstić information content (AvgIpc) is 2.95. The minimum Gasteiger partial charge on any atom is -0.507 e. The summed E-state index contributed by atoms with van der Waals surface area (Å²) in [7, 11) is 4.61. The molecule has 0 spiro atoms. The molecule has 41 heavy (non-hydrogen) atoms. The van der Waals surface area contributed by atoms with Crippen LogP contribution in [-0.4, -0.2) is 38.1 Å². The number of anilines is 1. The minimum absolute atomic E-state index is 0.0270. The zero-order valence-corrected chi connectivity index (χ0v) is 25.3. The predicted molar refractivity (Wildman–Crippen MR) is 164 cm³/mol. The number of ether oxygens (including phenoxy) is 3. The maximum atomic E-state index is 14.2. The van der Waals surface area contributed by atoms with Gasteiger partial charge in [0.05, 0.1) is 21.3 Å². The summed E-state index contributed by atoms with van der Waals surface area (Å²) in [6.07, 6.45) is 0.912. The third-order valence-corrected chi connectivity index (χ3v) is 8.10. The van der Waals surface area contributed by atoms with Gasteiger partial charge in [0.25, 0.3) is 0 Å². The molecule has 0 amide bonds. The number of carbonyl (C=O) groups excluding carboxylic acids is 1. The summed E-state index contributed by atoms with van der Waals surface area (Å²) < 4.78 is 17.7. The van der Waals surface area contributed by atoms with Crippen LogP contribution in [0, 0.1) is 10.8 Å². The van der Waals surface area contributed by atoms with Crippen LogP contribution in [0.25, 0.3) is 5.76 Å². The molecule has 5 rings (SSSR count). The fraction of sp³-hybridized carbons (Fsp3) is 0.273. The van der Waals surface area contributed by atoms with Crippen molar-refractivity contribution in [2.75, 3.05) is 26.2 Å². The smallest absolute Gasteiger partial charge is 0.203 e. The Morgan fingerprint density at radius 1 is 0.951 bits per heavy atom. The largest absolute Gasteiger partial charge is 0.507 e. The Morgan fingerprint density at radius 3 is 2.20 bits per heavy atom. The molecular formula is C33H33BrN2O5. The number of aliphatic hydroxyl groups is 1. The van der Waals surface area contributed by atoms with Crippen LogP contribution in [0.3, 0.4) is 0 Å². The van der Waals surface area contributed by atoms with E-state index in [1.165, 1.54) is 21.3 Å². The third kappa shape index (κ3) is 5.12. The number of methoxy groups -OCH3 is 3. The highest BCUT2D eigenvalue weighted by Crippen LogP contribution is 2.53. The molecule has 1 atom stereocenters. The second-order valence-corrected chi connectivity index (χ2v) is 11.9. The molecule has 2 N–H and O–H groups in total. The van der Waals surface area contributed by atoms with Crippen molar-refractivity contribution >= 4 is 39.0 Å². The topological polar surface area (TPSA) is 92.1 Å². The molecule has 0 radical (unpaired) electrons. The lowest BCUT2D eigenvalue weighted by atomic mass is 9.67. The van der Waals surface area contributed by atoms with Gasteiger partial charge in [-0.05, 0) is 47.7 Å². The van der Waals surface area contributed by atoms with Crippen molar-refractivity contribution in [3.8, 4) is 17.2 Å². The second kappa shape index (κ2) is 11.1. The number of halogens is 1. The number of carbonyl (C=O) groups is 1. The van der Waals surface area contributed by atoms with E-state index in [-0.39, 0.29) is 22.8 Å². The Hall–Kier alpha value is -4.04. The minimum atomic E-state index is -0.751. The van der Waals surface area contributed by atoms with Gasteiger partial charge in [-0.1, -0.05) is 66.2 Å². The highest BCUT2D eigenvalue weighted by atomic mass is 79.9. The van der Waals surface area contributed by atoms with Crippen molar-refractivity contribution in [2.24, 2.45) is 5.41 Å². The fourth-order valence-corrected chi connectivity index (χ4v) is 6.25. The molecule has 0 bridgehead atoms. The molecule has 8 heteroatoms. The summed E-state index contributed by atoms with van der Waals surface area (Å²) in [5, 5.41) is 21.5. The van der Waals surface area contributed by atoms with E-state index in [2.05, 4.69) is 29.8 Å². The monoisotopic (exact) mass is 616 g/mol. The lowest BCUT2D eigenvalue weighted by molar-refractivity contribution is -0.118. The molecular weight excluding hydrogens is 584 g/mol. The van der Waals surface area contributed by atoms with Crippen molar-refractivity contribution in [1.29, 1.82) is 5.41 Å². The molecule has 212 valence electrons. The molecule has 0 aromatic heterocycles. The number of ketones is 1. The van der Waals surface area contributed by atoms with Gasteiger partial charge in [-0.2, -0.15) is 0 Å². The molecule has 1 unspecified atom stereocenters. The Kier molecular flexibility index (Phi) is 7.70. The van der Waals surface area contributed by atoms with E-state index in [9.17, 15) is 15.3 Å². The Labute approximate surface area is 248 Å². The number of allylic oxidation sites excluding steroid dienone is 2. The quantitative estimate of drug-likeness (QED) is 0.276. The van der Waals surface area contributed by atoms with Crippen molar-refractivity contribution in [3.05, 3.63) is 99.2 Å². The second-order valence-electron chi connectivity index (χ2n) is 11.0. The number of nitrogens with one attached hydrogen (secondary N) is 1. The Morgan fingerprint density at radius 2 is 1.61 bits per heavy atom. The van der Waals surface area contributed by atoms with Gasteiger partial charge >= 0.3 is 0 Å². The van der Waals surface area contributed by atoms with Gasteiger partial charge in [-0.25, -0.2) is 0 Å². The number of amidine groups is 1. The van der Waals surface area contributed by atoms with E-state index >= 15 is 0 Å². The Balaban J connectivity index is 1.90. The predicted octanol–water partition coefficient (Wildman–Crippen LogP) is 7.67. The lowest BCUT2D eigenvalue weighted by Crippen LogP contribution is -2.45. The van der Waals surface area contributed by atoms with Crippen LogP contribution < -0.4 is 19.1 Å². The number of hydrogen-bond donors (Lipinski definition) is 2. The first-order chi connectivity index (χ1) is 19.6. The van der Waals surface area contributed by atoms with Gasteiger partial charge in [-0.15, -0.1) is 0 Å². The fourth-order valence-electron chi connectivity index (χ4n) is 5.87. The molecule has 3 aromatic rings. The first-order valence-corrected chi connectivity index (χ1v) is 14.1. The number of Topliss-reactive ketones (excluding diaryl/α,β-unsaturated/α-hetero) is 1. The number of hydrogen-bond acceptors (Lipinski definition) is 6. The van der Waals surface area contributed by atoms with E-state index in [0.717, 1.165) is 15.9 Å². The Bertz CT molecular complexity index is 1570. The molecule has 0 fully saturated rings. The van der Waals surface area contributed by atoms with Crippen molar-refractivity contribution in [1.82, 2.24) is 0 Å².